The molecule has 2 aliphatic carbocycles. The fourth-order valence-corrected chi connectivity index (χ4v) is 7.14. The van der Waals surface area contributed by atoms with Crippen LogP contribution in [0.5, 0.6) is 0 Å². The molecule has 4 atom stereocenters. The molecule has 0 amide bonds. The lowest BCUT2D eigenvalue weighted by atomic mass is 9.81. The smallest absolute Gasteiger partial charge is 0.0137 e. The molecule has 0 N–H and O–H groups in total. The van der Waals surface area contributed by atoms with Crippen molar-refractivity contribution in [3.8, 4) is 0 Å². The molecule has 4 heteroatoms. The summed E-state index contributed by atoms with van der Waals surface area (Å²) in [6.45, 7) is 10.3. The molecule has 2 bridgehead atoms. The summed E-state index contributed by atoms with van der Waals surface area (Å²) in [6.07, 6.45) is 17.5. The maximum atomic E-state index is 2.96. The summed E-state index contributed by atoms with van der Waals surface area (Å²) in [5, 5.41) is 0. The lowest BCUT2D eigenvalue weighted by molar-refractivity contribution is 0.0296. The normalized spacial score (nSPS) is 37.8. The molecule has 0 aromatic heterocycles. The Morgan fingerprint density at radius 2 is 0.767 bits per heavy atom. The highest BCUT2D eigenvalue weighted by Gasteiger charge is 2.34. The third kappa shape index (κ3) is 6.21. The summed E-state index contributed by atoms with van der Waals surface area (Å²) in [5.41, 5.74) is 0. The first-order valence-electron chi connectivity index (χ1n) is 13.6. The van der Waals surface area contributed by atoms with Gasteiger partial charge in [0.2, 0.25) is 0 Å². The van der Waals surface area contributed by atoms with Crippen molar-refractivity contribution in [1.82, 2.24) is 19.6 Å². The van der Waals surface area contributed by atoms with E-state index >= 15 is 0 Å². The summed E-state index contributed by atoms with van der Waals surface area (Å²) in [4.78, 5) is 11.2. The van der Waals surface area contributed by atoms with Crippen LogP contribution in [0.2, 0.25) is 0 Å². The van der Waals surface area contributed by atoms with Crippen LogP contribution in [-0.4, -0.2) is 98.1 Å². The van der Waals surface area contributed by atoms with Crippen LogP contribution in [0.4, 0.5) is 0 Å². The maximum Gasteiger partial charge on any atom is 0.0137 e. The van der Waals surface area contributed by atoms with Gasteiger partial charge in [-0.3, -0.25) is 9.80 Å². The molecule has 0 radical (unpaired) electrons. The highest BCUT2D eigenvalue weighted by Crippen LogP contribution is 2.33. The quantitative estimate of drug-likeness (QED) is 0.667. The summed E-state index contributed by atoms with van der Waals surface area (Å²) in [7, 11) is 4.77. The van der Waals surface area contributed by atoms with E-state index in [1.165, 1.54) is 129 Å². The van der Waals surface area contributed by atoms with Crippen LogP contribution in [0.25, 0.3) is 0 Å². The minimum absolute atomic E-state index is 0.814. The Morgan fingerprint density at radius 1 is 0.400 bits per heavy atom. The average Bonchev–Trinajstić information content (AvgIpc) is 2.79. The first-order valence-corrected chi connectivity index (χ1v) is 13.6. The maximum absolute atomic E-state index is 2.96. The molecule has 4 fully saturated rings. The third-order valence-electron chi connectivity index (χ3n) is 9.15. The van der Waals surface area contributed by atoms with Crippen molar-refractivity contribution in [2.24, 2.45) is 11.8 Å². The van der Waals surface area contributed by atoms with Crippen molar-refractivity contribution >= 4 is 0 Å². The Morgan fingerprint density at radius 3 is 1.17 bits per heavy atom. The van der Waals surface area contributed by atoms with Gasteiger partial charge in [-0.05, 0) is 77.5 Å². The van der Waals surface area contributed by atoms with Crippen LogP contribution in [0.1, 0.15) is 77.0 Å². The summed E-state index contributed by atoms with van der Waals surface area (Å²) in [5.74, 6) is 1.89. The molecule has 4 rings (SSSR count). The average molecular weight is 419 g/mol. The van der Waals surface area contributed by atoms with Gasteiger partial charge >= 0.3 is 0 Å². The van der Waals surface area contributed by atoms with E-state index in [9.17, 15) is 0 Å². The fraction of sp³-hybridized carbons (Fsp3) is 1.00. The standard InChI is InChI=1S/C26H50N4/c1-27-15-13-25(23-9-5-3-6-10-23)30-20-18-28(2)16-14-26(24-11-7-4-8-12-24)29(19-17-27)21-22-30/h23-26H,3-22H2,1-2H3. The van der Waals surface area contributed by atoms with Gasteiger partial charge in [0.25, 0.3) is 0 Å². The van der Waals surface area contributed by atoms with E-state index in [1.807, 2.05) is 0 Å². The molecular formula is C26H50N4. The van der Waals surface area contributed by atoms with E-state index in [1.54, 1.807) is 0 Å². The second kappa shape index (κ2) is 11.6. The number of rotatable bonds is 2. The van der Waals surface area contributed by atoms with Crippen molar-refractivity contribution < 1.29 is 0 Å². The number of hydrogen-bond donors (Lipinski definition) is 0. The van der Waals surface area contributed by atoms with Gasteiger partial charge in [0.1, 0.15) is 0 Å². The molecule has 4 unspecified atom stereocenters. The number of hydrogen-bond acceptors (Lipinski definition) is 4. The predicted octanol–water partition coefficient (Wildman–Crippen LogP) is 4.16. The molecular weight excluding hydrogens is 368 g/mol. The van der Waals surface area contributed by atoms with Crippen molar-refractivity contribution in [3.05, 3.63) is 0 Å². The molecule has 2 saturated heterocycles. The predicted molar refractivity (Wildman–Crippen MR) is 128 cm³/mol. The number of nitrogens with zero attached hydrogens (tertiary/aromatic N) is 4. The fourth-order valence-electron chi connectivity index (χ4n) is 7.14. The zero-order chi connectivity index (χ0) is 20.8. The molecule has 2 aliphatic heterocycles. The Balaban J connectivity index is 1.54. The molecule has 174 valence electrons. The minimum Gasteiger partial charge on any atom is -0.305 e. The third-order valence-corrected chi connectivity index (χ3v) is 9.15. The van der Waals surface area contributed by atoms with Gasteiger partial charge in [-0.15, -0.1) is 0 Å². The Bertz CT molecular complexity index is 441. The molecule has 2 heterocycles. The monoisotopic (exact) mass is 418 g/mol. The van der Waals surface area contributed by atoms with Gasteiger partial charge in [0.05, 0.1) is 0 Å². The number of fused-ring (bicyclic) bond motifs is 3. The molecule has 0 aromatic carbocycles. The van der Waals surface area contributed by atoms with Crippen LogP contribution in [0.3, 0.4) is 0 Å². The Kier molecular flexibility index (Phi) is 8.92. The molecule has 0 spiro atoms. The van der Waals surface area contributed by atoms with E-state index in [4.69, 9.17) is 0 Å². The van der Waals surface area contributed by atoms with E-state index in [2.05, 4.69) is 33.7 Å². The Hall–Kier alpha value is -0.160. The van der Waals surface area contributed by atoms with Gasteiger partial charge in [0, 0.05) is 51.4 Å². The van der Waals surface area contributed by atoms with Crippen LogP contribution < -0.4 is 0 Å². The van der Waals surface area contributed by atoms with Crippen LogP contribution in [-0.2, 0) is 0 Å². The summed E-state index contributed by atoms with van der Waals surface area (Å²) >= 11 is 0. The zero-order valence-electron chi connectivity index (χ0n) is 20.2. The lowest BCUT2D eigenvalue weighted by Gasteiger charge is -2.46. The van der Waals surface area contributed by atoms with Gasteiger partial charge in [-0.2, -0.15) is 0 Å². The van der Waals surface area contributed by atoms with Gasteiger partial charge in [0.15, 0.2) is 0 Å². The van der Waals surface area contributed by atoms with E-state index in [0.29, 0.717) is 0 Å². The number of likely N-dealkylation sites (N-methyl/N-ethyl adjacent to an activating group) is 2. The van der Waals surface area contributed by atoms with Crippen LogP contribution >= 0.6 is 0 Å². The van der Waals surface area contributed by atoms with Crippen molar-refractivity contribution in [1.29, 1.82) is 0 Å². The molecule has 4 nitrogen and oxygen atoms in total. The van der Waals surface area contributed by atoms with Crippen molar-refractivity contribution in [3.63, 3.8) is 0 Å². The molecule has 30 heavy (non-hydrogen) atoms. The topological polar surface area (TPSA) is 13.0 Å². The Labute approximate surface area is 187 Å². The summed E-state index contributed by atoms with van der Waals surface area (Å²) in [6, 6.07) is 1.63. The highest BCUT2D eigenvalue weighted by atomic mass is 15.3. The van der Waals surface area contributed by atoms with Crippen molar-refractivity contribution in [2.75, 3.05) is 66.5 Å². The molecule has 2 saturated carbocycles. The first-order chi connectivity index (χ1) is 14.7. The largest absolute Gasteiger partial charge is 0.305 e. The van der Waals surface area contributed by atoms with Crippen LogP contribution in [0, 0.1) is 11.8 Å². The first kappa shape index (κ1) is 23.0. The molecule has 4 aliphatic rings. The van der Waals surface area contributed by atoms with Crippen molar-refractivity contribution in [2.45, 2.75) is 89.1 Å². The highest BCUT2D eigenvalue weighted by molar-refractivity contribution is 4.89. The summed E-state index contributed by atoms with van der Waals surface area (Å²) < 4.78 is 0. The van der Waals surface area contributed by atoms with Gasteiger partial charge in [-0.25, -0.2) is 0 Å². The van der Waals surface area contributed by atoms with Gasteiger partial charge in [-0.1, -0.05) is 38.5 Å². The second-order valence-electron chi connectivity index (χ2n) is 11.2. The van der Waals surface area contributed by atoms with E-state index in [0.717, 1.165) is 23.9 Å². The molecule has 0 aromatic rings. The second-order valence-corrected chi connectivity index (χ2v) is 11.2. The zero-order valence-corrected chi connectivity index (χ0v) is 20.2. The van der Waals surface area contributed by atoms with E-state index < -0.39 is 0 Å². The van der Waals surface area contributed by atoms with E-state index in [-0.39, 0.29) is 0 Å². The SMILES string of the molecule is CN1CCC(C2CCCCC2)N2CCN(C)CCC(C3CCCCC3)N(CC1)CC2. The minimum atomic E-state index is 0.814. The lowest BCUT2D eigenvalue weighted by Crippen LogP contribution is -2.55. The van der Waals surface area contributed by atoms with Crippen LogP contribution in [0.15, 0.2) is 0 Å². The van der Waals surface area contributed by atoms with Gasteiger partial charge < -0.3 is 9.80 Å².